The van der Waals surface area contributed by atoms with Crippen LogP contribution in [0.4, 0.5) is 0 Å². The highest BCUT2D eigenvalue weighted by molar-refractivity contribution is 14.0. The number of rotatable bonds is 10. The van der Waals surface area contributed by atoms with E-state index < -0.39 is 16.9 Å². The maximum absolute atomic E-state index is 12.1. The quantitative estimate of drug-likeness (QED) is 0.243. The van der Waals surface area contributed by atoms with Crippen molar-refractivity contribution in [1.29, 1.82) is 0 Å². The summed E-state index contributed by atoms with van der Waals surface area (Å²) in [5, 5.41) is 17.0. The van der Waals surface area contributed by atoms with Gasteiger partial charge in [-0.25, -0.2) is 0 Å². The zero-order valence-electron chi connectivity index (χ0n) is 16.1. The van der Waals surface area contributed by atoms with Gasteiger partial charge in [0.1, 0.15) is 0 Å². The number of nitrogens with zero attached hydrogens (tertiary/aromatic N) is 1. The van der Waals surface area contributed by atoms with Gasteiger partial charge in [0.25, 0.3) is 0 Å². The van der Waals surface area contributed by atoms with Gasteiger partial charge in [0.2, 0.25) is 0 Å². The van der Waals surface area contributed by atoms with Gasteiger partial charge < -0.3 is 20.5 Å². The zero-order chi connectivity index (χ0) is 18.1. The molecule has 26 heavy (non-hydrogen) atoms. The molecule has 0 radical (unpaired) electrons. The second-order valence-corrected chi connectivity index (χ2v) is 9.16. The number of nitrogens with one attached hydrogen (secondary N) is 2. The average molecular weight is 501 g/mol. The van der Waals surface area contributed by atoms with Crippen LogP contribution in [0.2, 0.25) is 0 Å². The first-order valence-corrected chi connectivity index (χ1v) is 11.2. The van der Waals surface area contributed by atoms with Crippen molar-refractivity contribution in [3.8, 4) is 0 Å². The third-order valence-corrected chi connectivity index (χ3v) is 6.53. The third kappa shape index (κ3) is 9.32. The molecule has 0 bridgehead atoms. The molecule has 0 aromatic heterocycles. The van der Waals surface area contributed by atoms with Crippen molar-refractivity contribution in [3.63, 3.8) is 0 Å². The van der Waals surface area contributed by atoms with Crippen molar-refractivity contribution >= 4 is 40.7 Å². The van der Waals surface area contributed by atoms with Gasteiger partial charge in [-0.1, -0.05) is 13.3 Å². The lowest BCUT2D eigenvalue weighted by Gasteiger charge is -2.30. The molecular formula is C18H36IN3O3S. The molecule has 0 heterocycles. The van der Waals surface area contributed by atoms with E-state index in [1.165, 1.54) is 12.8 Å². The highest BCUT2D eigenvalue weighted by atomic mass is 127. The topological polar surface area (TPSA) is 83.0 Å². The lowest BCUT2D eigenvalue weighted by Crippen LogP contribution is -2.47. The second kappa shape index (κ2) is 13.3. The summed E-state index contributed by atoms with van der Waals surface area (Å²) in [6, 6.07) is 0.301. The maximum atomic E-state index is 12.1. The van der Waals surface area contributed by atoms with E-state index in [9.17, 15) is 9.32 Å². The minimum absolute atomic E-state index is 0. The molecule has 0 amide bonds. The molecular weight excluding hydrogens is 465 g/mol. The van der Waals surface area contributed by atoms with Crippen molar-refractivity contribution in [1.82, 2.24) is 10.6 Å². The Hall–Kier alpha value is 0.0700. The van der Waals surface area contributed by atoms with Gasteiger partial charge in [0.15, 0.2) is 5.96 Å². The number of hydrogen-bond acceptors (Lipinski definition) is 4. The third-order valence-electron chi connectivity index (χ3n) is 4.79. The molecule has 3 N–H and O–H groups in total. The molecule has 0 aliphatic heterocycles. The lowest BCUT2D eigenvalue weighted by atomic mass is 9.95. The van der Waals surface area contributed by atoms with E-state index in [0.29, 0.717) is 30.4 Å². The van der Waals surface area contributed by atoms with Gasteiger partial charge in [-0.3, -0.25) is 9.20 Å². The number of aliphatic hydroxyl groups excluding tert-OH is 1. The largest absolute Gasteiger partial charge is 0.389 e. The molecule has 0 saturated heterocycles. The van der Waals surface area contributed by atoms with Crippen LogP contribution in [-0.2, 0) is 15.5 Å². The van der Waals surface area contributed by atoms with Gasteiger partial charge in [-0.05, 0) is 44.9 Å². The van der Waals surface area contributed by atoms with Gasteiger partial charge >= 0.3 is 0 Å². The SMILES string of the molecule is CCNC(=NCC(O)COCC1CC1)NC1CCCC(S(=O)CC)C1.I. The van der Waals surface area contributed by atoms with E-state index in [-0.39, 0.29) is 24.0 Å². The van der Waals surface area contributed by atoms with E-state index in [2.05, 4.69) is 15.6 Å². The molecule has 0 aromatic carbocycles. The van der Waals surface area contributed by atoms with Crippen molar-refractivity contribution in [2.24, 2.45) is 10.9 Å². The van der Waals surface area contributed by atoms with Crippen molar-refractivity contribution in [3.05, 3.63) is 0 Å². The average Bonchev–Trinajstić information content (AvgIpc) is 3.44. The predicted octanol–water partition coefficient (Wildman–Crippen LogP) is 2.03. The van der Waals surface area contributed by atoms with Gasteiger partial charge in [-0.2, -0.15) is 0 Å². The molecule has 8 heteroatoms. The molecule has 2 rings (SSSR count). The first-order valence-electron chi connectivity index (χ1n) is 9.80. The summed E-state index contributed by atoms with van der Waals surface area (Å²) < 4.78 is 17.6. The Kier molecular flexibility index (Phi) is 12.3. The van der Waals surface area contributed by atoms with E-state index in [1.807, 2.05) is 13.8 Å². The van der Waals surface area contributed by atoms with Crippen LogP contribution in [0, 0.1) is 5.92 Å². The Morgan fingerprint density at radius 2 is 2.08 bits per heavy atom. The lowest BCUT2D eigenvalue weighted by molar-refractivity contribution is 0.0368. The molecule has 0 spiro atoms. The van der Waals surface area contributed by atoms with Crippen molar-refractivity contribution in [2.75, 3.05) is 32.1 Å². The molecule has 4 unspecified atom stereocenters. The summed E-state index contributed by atoms with van der Waals surface area (Å²) in [4.78, 5) is 4.50. The minimum atomic E-state index is -0.723. The number of aliphatic imine (C=N–C) groups is 1. The monoisotopic (exact) mass is 501 g/mol. The first-order chi connectivity index (χ1) is 12.1. The molecule has 2 saturated carbocycles. The highest BCUT2D eigenvalue weighted by Gasteiger charge is 2.26. The normalized spacial score (nSPS) is 25.9. The van der Waals surface area contributed by atoms with Crippen LogP contribution in [0.3, 0.4) is 0 Å². The summed E-state index contributed by atoms with van der Waals surface area (Å²) in [7, 11) is -0.723. The van der Waals surface area contributed by atoms with Gasteiger partial charge in [0, 0.05) is 41.0 Å². The van der Waals surface area contributed by atoms with Crippen LogP contribution < -0.4 is 10.6 Å². The molecule has 2 fully saturated rings. The number of halogens is 1. The van der Waals surface area contributed by atoms with Gasteiger partial charge in [0.05, 0.1) is 19.3 Å². The van der Waals surface area contributed by atoms with E-state index in [1.54, 1.807) is 0 Å². The Balaban J connectivity index is 0.00000338. The summed E-state index contributed by atoms with van der Waals surface area (Å²) in [5.41, 5.74) is 0. The fraction of sp³-hybridized carbons (Fsp3) is 0.944. The number of hydrogen-bond donors (Lipinski definition) is 3. The summed E-state index contributed by atoms with van der Waals surface area (Å²) >= 11 is 0. The number of ether oxygens (including phenoxy) is 1. The molecule has 6 nitrogen and oxygen atoms in total. The summed E-state index contributed by atoms with van der Waals surface area (Å²) in [6.07, 6.45) is 6.12. The molecule has 4 atom stereocenters. The van der Waals surface area contributed by atoms with Crippen LogP contribution in [0.1, 0.15) is 52.4 Å². The summed E-state index contributed by atoms with van der Waals surface area (Å²) in [6.45, 7) is 6.24. The zero-order valence-corrected chi connectivity index (χ0v) is 19.3. The fourth-order valence-electron chi connectivity index (χ4n) is 3.17. The van der Waals surface area contributed by atoms with Gasteiger partial charge in [-0.15, -0.1) is 24.0 Å². The summed E-state index contributed by atoms with van der Waals surface area (Å²) in [5.74, 6) is 2.18. The highest BCUT2D eigenvalue weighted by Crippen LogP contribution is 2.28. The molecule has 154 valence electrons. The van der Waals surface area contributed by atoms with E-state index in [0.717, 1.165) is 50.5 Å². The Bertz CT molecular complexity index is 449. The van der Waals surface area contributed by atoms with Crippen LogP contribution in [0.15, 0.2) is 4.99 Å². The van der Waals surface area contributed by atoms with E-state index in [4.69, 9.17) is 4.74 Å². The Labute approximate surface area is 177 Å². The Morgan fingerprint density at radius 1 is 1.31 bits per heavy atom. The van der Waals surface area contributed by atoms with Crippen LogP contribution in [0.25, 0.3) is 0 Å². The molecule has 0 aromatic rings. The van der Waals surface area contributed by atoms with E-state index >= 15 is 0 Å². The number of aliphatic hydroxyl groups is 1. The minimum Gasteiger partial charge on any atom is -0.389 e. The Morgan fingerprint density at radius 3 is 2.73 bits per heavy atom. The standard InChI is InChI=1S/C18H35N3O3S.HI/c1-3-19-18(20-11-16(22)13-24-12-14-8-9-14)21-15-6-5-7-17(10-15)25(23)4-2;/h14-17,22H,3-13H2,1-2H3,(H2,19,20,21);1H. The van der Waals surface area contributed by atoms with Crippen molar-refractivity contribution in [2.45, 2.75) is 69.8 Å². The fourth-order valence-corrected chi connectivity index (χ4v) is 4.52. The second-order valence-electron chi connectivity index (χ2n) is 7.15. The van der Waals surface area contributed by atoms with Crippen LogP contribution in [0.5, 0.6) is 0 Å². The first kappa shape index (κ1) is 24.1. The molecule has 2 aliphatic rings. The van der Waals surface area contributed by atoms with Crippen molar-refractivity contribution < 1.29 is 14.1 Å². The van der Waals surface area contributed by atoms with Crippen LogP contribution >= 0.6 is 24.0 Å². The van der Waals surface area contributed by atoms with Crippen LogP contribution in [-0.4, -0.2) is 64.7 Å². The maximum Gasteiger partial charge on any atom is 0.191 e. The predicted molar refractivity (Wildman–Crippen MR) is 119 cm³/mol. The smallest absolute Gasteiger partial charge is 0.191 e. The number of guanidine groups is 1. The molecule has 2 aliphatic carbocycles.